The van der Waals surface area contributed by atoms with Crippen LogP contribution in [0.3, 0.4) is 0 Å². The summed E-state index contributed by atoms with van der Waals surface area (Å²) in [5.41, 5.74) is 1.46. The number of aromatic nitrogens is 1. The van der Waals surface area contributed by atoms with Crippen molar-refractivity contribution < 1.29 is 4.74 Å². The zero-order valence-corrected chi connectivity index (χ0v) is 11.8. The lowest BCUT2D eigenvalue weighted by Crippen LogP contribution is -2.61. The van der Waals surface area contributed by atoms with Crippen molar-refractivity contribution in [1.82, 2.24) is 10.3 Å². The van der Waals surface area contributed by atoms with Crippen LogP contribution in [0.1, 0.15) is 45.7 Å². The molecule has 0 aliphatic heterocycles. The SMILES string of the molecule is CCOC1CC(NC(C)c2cccnc2)C1(C)C. The van der Waals surface area contributed by atoms with Crippen molar-refractivity contribution in [3.05, 3.63) is 30.1 Å². The van der Waals surface area contributed by atoms with Crippen molar-refractivity contribution in [2.24, 2.45) is 5.41 Å². The van der Waals surface area contributed by atoms with Crippen molar-refractivity contribution in [3.8, 4) is 0 Å². The Kier molecular flexibility index (Phi) is 4.03. The zero-order chi connectivity index (χ0) is 13.2. The van der Waals surface area contributed by atoms with E-state index in [0.29, 0.717) is 18.2 Å². The molecule has 3 atom stereocenters. The van der Waals surface area contributed by atoms with Gasteiger partial charge in [-0.1, -0.05) is 19.9 Å². The highest BCUT2D eigenvalue weighted by molar-refractivity contribution is 5.14. The van der Waals surface area contributed by atoms with Gasteiger partial charge in [0.1, 0.15) is 0 Å². The molecule has 0 spiro atoms. The van der Waals surface area contributed by atoms with Crippen LogP contribution in [0.4, 0.5) is 0 Å². The maximum absolute atomic E-state index is 5.76. The molecule has 0 amide bonds. The Morgan fingerprint density at radius 2 is 2.33 bits per heavy atom. The second kappa shape index (κ2) is 5.37. The fraction of sp³-hybridized carbons (Fsp3) is 0.667. The maximum Gasteiger partial charge on any atom is 0.0655 e. The van der Waals surface area contributed by atoms with Crippen LogP contribution in [-0.2, 0) is 4.74 Å². The molecule has 1 aromatic rings. The van der Waals surface area contributed by atoms with E-state index in [-0.39, 0.29) is 5.41 Å². The number of hydrogen-bond acceptors (Lipinski definition) is 3. The summed E-state index contributed by atoms with van der Waals surface area (Å²) in [7, 11) is 0. The van der Waals surface area contributed by atoms with Gasteiger partial charge in [-0.05, 0) is 31.9 Å². The quantitative estimate of drug-likeness (QED) is 0.870. The van der Waals surface area contributed by atoms with E-state index in [1.165, 1.54) is 5.56 Å². The summed E-state index contributed by atoms with van der Waals surface area (Å²) < 4.78 is 5.76. The van der Waals surface area contributed by atoms with E-state index in [2.05, 4.69) is 44.1 Å². The van der Waals surface area contributed by atoms with Crippen LogP contribution in [0, 0.1) is 5.41 Å². The molecule has 2 rings (SSSR count). The third-order valence-electron chi connectivity index (χ3n) is 4.18. The summed E-state index contributed by atoms with van der Waals surface area (Å²) >= 11 is 0. The lowest BCUT2D eigenvalue weighted by molar-refractivity contribution is -0.116. The van der Waals surface area contributed by atoms with Gasteiger partial charge in [0, 0.05) is 36.5 Å². The van der Waals surface area contributed by atoms with Gasteiger partial charge in [0.15, 0.2) is 0 Å². The van der Waals surface area contributed by atoms with E-state index in [1.807, 2.05) is 18.5 Å². The molecule has 1 N–H and O–H groups in total. The van der Waals surface area contributed by atoms with Crippen molar-refractivity contribution in [1.29, 1.82) is 0 Å². The fourth-order valence-electron chi connectivity index (χ4n) is 2.68. The minimum atomic E-state index is 0.215. The topological polar surface area (TPSA) is 34.1 Å². The van der Waals surface area contributed by atoms with Crippen LogP contribution < -0.4 is 5.32 Å². The summed E-state index contributed by atoms with van der Waals surface area (Å²) in [6.45, 7) is 9.63. The van der Waals surface area contributed by atoms with Crippen molar-refractivity contribution >= 4 is 0 Å². The molecule has 100 valence electrons. The van der Waals surface area contributed by atoms with Gasteiger partial charge in [0.2, 0.25) is 0 Å². The third kappa shape index (κ3) is 2.57. The highest BCUT2D eigenvalue weighted by Crippen LogP contribution is 2.43. The molecular weight excluding hydrogens is 224 g/mol. The Hall–Kier alpha value is -0.930. The smallest absolute Gasteiger partial charge is 0.0655 e. The molecule has 3 heteroatoms. The largest absolute Gasteiger partial charge is 0.378 e. The van der Waals surface area contributed by atoms with E-state index < -0.39 is 0 Å². The molecule has 0 aromatic carbocycles. The normalized spacial score (nSPS) is 27.6. The van der Waals surface area contributed by atoms with Gasteiger partial charge in [0.25, 0.3) is 0 Å². The van der Waals surface area contributed by atoms with Crippen LogP contribution >= 0.6 is 0 Å². The molecule has 18 heavy (non-hydrogen) atoms. The lowest BCUT2D eigenvalue weighted by Gasteiger charge is -2.52. The van der Waals surface area contributed by atoms with Crippen molar-refractivity contribution in [2.75, 3.05) is 6.61 Å². The lowest BCUT2D eigenvalue weighted by atomic mass is 9.64. The number of rotatable bonds is 5. The van der Waals surface area contributed by atoms with E-state index >= 15 is 0 Å². The van der Waals surface area contributed by atoms with Gasteiger partial charge in [-0.25, -0.2) is 0 Å². The molecule has 0 radical (unpaired) electrons. The Balaban J connectivity index is 1.92. The van der Waals surface area contributed by atoms with Crippen LogP contribution in [0.2, 0.25) is 0 Å². The first-order chi connectivity index (χ1) is 8.55. The molecule has 1 aliphatic rings. The first-order valence-electron chi connectivity index (χ1n) is 6.83. The van der Waals surface area contributed by atoms with Crippen LogP contribution in [0.5, 0.6) is 0 Å². The molecule has 1 fully saturated rings. The van der Waals surface area contributed by atoms with E-state index in [1.54, 1.807) is 0 Å². The number of nitrogens with zero attached hydrogens (tertiary/aromatic N) is 1. The Bertz CT molecular complexity index is 377. The first-order valence-corrected chi connectivity index (χ1v) is 6.83. The van der Waals surface area contributed by atoms with Gasteiger partial charge in [0.05, 0.1) is 6.10 Å². The van der Waals surface area contributed by atoms with E-state index in [4.69, 9.17) is 4.74 Å². The van der Waals surface area contributed by atoms with Gasteiger partial charge in [-0.3, -0.25) is 4.98 Å². The van der Waals surface area contributed by atoms with Crippen molar-refractivity contribution in [3.63, 3.8) is 0 Å². The predicted octanol–water partition coefficient (Wildman–Crippen LogP) is 2.94. The highest BCUT2D eigenvalue weighted by atomic mass is 16.5. The molecule has 0 bridgehead atoms. The van der Waals surface area contributed by atoms with Crippen LogP contribution in [0.15, 0.2) is 24.5 Å². The van der Waals surface area contributed by atoms with Crippen LogP contribution in [-0.4, -0.2) is 23.7 Å². The molecule has 1 saturated carbocycles. The first kappa shape index (κ1) is 13.5. The minimum absolute atomic E-state index is 0.215. The van der Waals surface area contributed by atoms with Gasteiger partial charge in [-0.2, -0.15) is 0 Å². The summed E-state index contributed by atoms with van der Waals surface area (Å²) in [5.74, 6) is 0. The second-order valence-corrected chi connectivity index (χ2v) is 5.73. The van der Waals surface area contributed by atoms with Gasteiger partial charge in [-0.15, -0.1) is 0 Å². The standard InChI is InChI=1S/C15H24N2O/c1-5-18-14-9-13(15(14,3)4)17-11(2)12-7-6-8-16-10-12/h6-8,10-11,13-14,17H,5,9H2,1-4H3. The number of hydrogen-bond donors (Lipinski definition) is 1. The van der Waals surface area contributed by atoms with Gasteiger partial charge < -0.3 is 10.1 Å². The highest BCUT2D eigenvalue weighted by Gasteiger charge is 2.49. The zero-order valence-electron chi connectivity index (χ0n) is 11.8. The number of ether oxygens (including phenoxy) is 1. The summed E-state index contributed by atoms with van der Waals surface area (Å²) in [4.78, 5) is 4.17. The molecule has 1 aromatic heterocycles. The Morgan fingerprint density at radius 3 is 2.89 bits per heavy atom. The Morgan fingerprint density at radius 1 is 1.56 bits per heavy atom. The summed E-state index contributed by atoms with van der Waals surface area (Å²) in [6.07, 6.45) is 5.24. The monoisotopic (exact) mass is 248 g/mol. The molecule has 1 heterocycles. The van der Waals surface area contributed by atoms with Crippen molar-refractivity contribution in [2.45, 2.75) is 52.3 Å². The van der Waals surface area contributed by atoms with E-state index in [9.17, 15) is 0 Å². The number of nitrogens with one attached hydrogen (secondary N) is 1. The van der Waals surface area contributed by atoms with E-state index in [0.717, 1.165) is 13.0 Å². The number of pyridine rings is 1. The van der Waals surface area contributed by atoms with Gasteiger partial charge >= 0.3 is 0 Å². The third-order valence-corrected chi connectivity index (χ3v) is 4.18. The minimum Gasteiger partial charge on any atom is -0.378 e. The molecule has 1 aliphatic carbocycles. The maximum atomic E-state index is 5.76. The molecule has 0 saturated heterocycles. The molecule has 3 unspecified atom stereocenters. The second-order valence-electron chi connectivity index (χ2n) is 5.73. The summed E-state index contributed by atoms with van der Waals surface area (Å²) in [5, 5.41) is 3.69. The summed E-state index contributed by atoms with van der Waals surface area (Å²) in [6, 6.07) is 4.97. The average molecular weight is 248 g/mol. The molecular formula is C15H24N2O. The molecule has 3 nitrogen and oxygen atoms in total. The Labute approximate surface area is 110 Å². The average Bonchev–Trinajstić information content (AvgIpc) is 2.38. The van der Waals surface area contributed by atoms with Crippen LogP contribution in [0.25, 0.3) is 0 Å². The fourth-order valence-corrected chi connectivity index (χ4v) is 2.68. The predicted molar refractivity (Wildman–Crippen MR) is 73.4 cm³/mol.